The number of carbonyl (C=O) groups excluding carboxylic acids is 1. The van der Waals surface area contributed by atoms with E-state index in [1.54, 1.807) is 13.4 Å². The molecule has 3 aromatic rings. The van der Waals surface area contributed by atoms with Gasteiger partial charge in [-0.15, -0.1) is 0 Å². The molecule has 1 aromatic heterocycles. The van der Waals surface area contributed by atoms with Crippen LogP contribution in [0.2, 0.25) is 0 Å². The Hall–Kier alpha value is -3.08. The number of benzene rings is 2. The summed E-state index contributed by atoms with van der Waals surface area (Å²) in [6.45, 7) is 2.52. The van der Waals surface area contributed by atoms with E-state index in [9.17, 15) is 4.79 Å². The first kappa shape index (κ1) is 17.7. The van der Waals surface area contributed by atoms with Crippen LogP contribution in [0.4, 0.5) is 0 Å². The maximum atomic E-state index is 12.2. The number of hydrogen-bond acceptors (Lipinski definition) is 4. The number of amides is 1. The maximum absolute atomic E-state index is 12.2. The SMILES string of the molecule is COc1cccc(CNC(=O)CCc2conc2-c2ccc(C)cc2)c1. The fourth-order valence-corrected chi connectivity index (χ4v) is 2.70. The largest absolute Gasteiger partial charge is 0.497 e. The molecule has 3 rings (SSSR count). The second-order valence-electron chi connectivity index (χ2n) is 6.18. The van der Waals surface area contributed by atoms with Gasteiger partial charge >= 0.3 is 0 Å². The van der Waals surface area contributed by atoms with Crippen LogP contribution in [-0.2, 0) is 17.8 Å². The number of hydrogen-bond donors (Lipinski definition) is 1. The molecule has 0 saturated carbocycles. The molecule has 2 aromatic carbocycles. The molecule has 1 heterocycles. The van der Waals surface area contributed by atoms with Crippen LogP contribution in [0, 0.1) is 6.92 Å². The number of aromatic nitrogens is 1. The van der Waals surface area contributed by atoms with Crippen LogP contribution in [0.1, 0.15) is 23.1 Å². The zero-order valence-electron chi connectivity index (χ0n) is 15.0. The average molecular weight is 350 g/mol. The molecule has 1 N–H and O–H groups in total. The zero-order valence-corrected chi connectivity index (χ0v) is 15.0. The molecule has 5 heteroatoms. The zero-order chi connectivity index (χ0) is 18.4. The molecule has 1 amide bonds. The molecule has 134 valence electrons. The number of ether oxygens (including phenoxy) is 1. The van der Waals surface area contributed by atoms with Crippen LogP contribution < -0.4 is 10.1 Å². The van der Waals surface area contributed by atoms with Crippen molar-refractivity contribution in [3.63, 3.8) is 0 Å². The molecule has 0 atom stereocenters. The summed E-state index contributed by atoms with van der Waals surface area (Å²) in [5, 5.41) is 7.02. The Balaban J connectivity index is 1.55. The van der Waals surface area contributed by atoms with E-state index < -0.39 is 0 Å². The lowest BCUT2D eigenvalue weighted by molar-refractivity contribution is -0.121. The standard InChI is InChI=1S/C21H22N2O3/c1-15-6-8-17(9-7-15)21-18(14-26-23-21)10-11-20(24)22-13-16-4-3-5-19(12-16)25-2/h3-9,12,14H,10-11,13H2,1-2H3,(H,22,24). The first-order chi connectivity index (χ1) is 12.7. The fraction of sp³-hybridized carbons (Fsp3) is 0.238. The van der Waals surface area contributed by atoms with Crippen molar-refractivity contribution >= 4 is 5.91 Å². The van der Waals surface area contributed by atoms with E-state index in [0.29, 0.717) is 19.4 Å². The first-order valence-corrected chi connectivity index (χ1v) is 8.55. The summed E-state index contributed by atoms with van der Waals surface area (Å²) < 4.78 is 10.3. The predicted molar refractivity (Wildman–Crippen MR) is 99.8 cm³/mol. The second kappa shape index (κ2) is 8.34. The Morgan fingerprint density at radius 1 is 1.19 bits per heavy atom. The summed E-state index contributed by atoms with van der Waals surface area (Å²) in [5.41, 5.74) is 4.92. The van der Waals surface area contributed by atoms with Gasteiger partial charge in [0.1, 0.15) is 17.7 Å². The van der Waals surface area contributed by atoms with E-state index in [0.717, 1.165) is 28.1 Å². The lowest BCUT2D eigenvalue weighted by Crippen LogP contribution is -2.23. The number of nitrogens with one attached hydrogen (secondary N) is 1. The van der Waals surface area contributed by atoms with Crippen molar-refractivity contribution < 1.29 is 14.1 Å². The highest BCUT2D eigenvalue weighted by molar-refractivity contribution is 5.76. The molecule has 0 fully saturated rings. The van der Waals surface area contributed by atoms with Crippen LogP contribution >= 0.6 is 0 Å². The average Bonchev–Trinajstić information content (AvgIpc) is 3.14. The Morgan fingerprint density at radius 2 is 2.00 bits per heavy atom. The van der Waals surface area contributed by atoms with Crippen LogP contribution in [0.3, 0.4) is 0 Å². The minimum atomic E-state index is -0.0103. The third-order valence-corrected chi connectivity index (χ3v) is 4.21. The third-order valence-electron chi connectivity index (χ3n) is 4.21. The summed E-state index contributed by atoms with van der Waals surface area (Å²) in [7, 11) is 1.63. The van der Waals surface area contributed by atoms with Gasteiger partial charge in [-0.25, -0.2) is 0 Å². The van der Waals surface area contributed by atoms with Crippen molar-refractivity contribution in [2.24, 2.45) is 0 Å². The molecule has 0 radical (unpaired) electrons. The number of rotatable bonds is 7. The van der Waals surface area contributed by atoms with E-state index in [2.05, 4.69) is 10.5 Å². The van der Waals surface area contributed by atoms with Gasteiger partial charge in [-0.2, -0.15) is 0 Å². The first-order valence-electron chi connectivity index (χ1n) is 8.55. The highest BCUT2D eigenvalue weighted by atomic mass is 16.5. The molecular weight excluding hydrogens is 328 g/mol. The van der Waals surface area contributed by atoms with Gasteiger partial charge in [0, 0.05) is 24.1 Å². The topological polar surface area (TPSA) is 64.4 Å². The predicted octanol–water partition coefficient (Wildman–Crippen LogP) is 3.91. The van der Waals surface area contributed by atoms with Gasteiger partial charge in [-0.1, -0.05) is 47.1 Å². The number of carbonyl (C=O) groups is 1. The summed E-state index contributed by atoms with van der Waals surface area (Å²) >= 11 is 0. The van der Waals surface area contributed by atoms with Gasteiger partial charge in [0.25, 0.3) is 0 Å². The van der Waals surface area contributed by atoms with Crippen LogP contribution in [0.25, 0.3) is 11.3 Å². The number of aryl methyl sites for hydroxylation is 2. The van der Waals surface area contributed by atoms with Gasteiger partial charge in [-0.05, 0) is 31.0 Å². The summed E-state index contributed by atoms with van der Waals surface area (Å²) in [4.78, 5) is 12.2. The molecule has 26 heavy (non-hydrogen) atoms. The van der Waals surface area contributed by atoms with E-state index in [4.69, 9.17) is 9.26 Å². The lowest BCUT2D eigenvalue weighted by Gasteiger charge is -2.07. The summed E-state index contributed by atoms with van der Waals surface area (Å²) in [6.07, 6.45) is 2.57. The smallest absolute Gasteiger partial charge is 0.220 e. The highest BCUT2D eigenvalue weighted by Gasteiger charge is 2.12. The summed E-state index contributed by atoms with van der Waals surface area (Å²) in [5.74, 6) is 0.771. The van der Waals surface area contributed by atoms with Crippen molar-refractivity contribution in [3.05, 3.63) is 71.5 Å². The molecule has 0 saturated heterocycles. The second-order valence-corrected chi connectivity index (χ2v) is 6.18. The van der Waals surface area contributed by atoms with Crippen molar-refractivity contribution in [2.45, 2.75) is 26.3 Å². The normalized spacial score (nSPS) is 10.5. The molecular formula is C21H22N2O3. The van der Waals surface area contributed by atoms with E-state index >= 15 is 0 Å². The fourth-order valence-electron chi connectivity index (χ4n) is 2.70. The monoisotopic (exact) mass is 350 g/mol. The van der Waals surface area contributed by atoms with Crippen molar-refractivity contribution in [3.8, 4) is 17.0 Å². The molecule has 0 aliphatic rings. The summed E-state index contributed by atoms with van der Waals surface area (Å²) in [6, 6.07) is 15.8. The van der Waals surface area contributed by atoms with Gasteiger partial charge < -0.3 is 14.6 Å². The van der Waals surface area contributed by atoms with Gasteiger partial charge in [0.05, 0.1) is 7.11 Å². The van der Waals surface area contributed by atoms with Gasteiger partial charge in [0.2, 0.25) is 5.91 Å². The van der Waals surface area contributed by atoms with Crippen molar-refractivity contribution in [1.82, 2.24) is 10.5 Å². The van der Waals surface area contributed by atoms with Gasteiger partial charge in [-0.3, -0.25) is 4.79 Å². The number of methoxy groups -OCH3 is 1. The number of nitrogens with zero attached hydrogens (tertiary/aromatic N) is 1. The molecule has 0 aliphatic heterocycles. The van der Waals surface area contributed by atoms with Crippen LogP contribution in [0.15, 0.2) is 59.3 Å². The maximum Gasteiger partial charge on any atom is 0.220 e. The van der Waals surface area contributed by atoms with E-state index in [-0.39, 0.29) is 5.91 Å². The Labute approximate surface area is 153 Å². The van der Waals surface area contributed by atoms with Crippen molar-refractivity contribution in [2.75, 3.05) is 7.11 Å². The minimum absolute atomic E-state index is 0.0103. The van der Waals surface area contributed by atoms with E-state index in [1.807, 2.05) is 55.5 Å². The van der Waals surface area contributed by atoms with Gasteiger partial charge in [0.15, 0.2) is 0 Å². The quantitative estimate of drug-likeness (QED) is 0.702. The molecule has 0 unspecified atom stereocenters. The Morgan fingerprint density at radius 3 is 2.77 bits per heavy atom. The third kappa shape index (κ3) is 4.51. The van der Waals surface area contributed by atoms with Crippen LogP contribution in [-0.4, -0.2) is 18.2 Å². The van der Waals surface area contributed by atoms with Crippen molar-refractivity contribution in [1.29, 1.82) is 0 Å². The Bertz CT molecular complexity index is 869. The highest BCUT2D eigenvalue weighted by Crippen LogP contribution is 2.23. The van der Waals surface area contributed by atoms with Crippen LogP contribution in [0.5, 0.6) is 5.75 Å². The molecule has 5 nitrogen and oxygen atoms in total. The molecule has 0 aliphatic carbocycles. The molecule has 0 bridgehead atoms. The molecule has 0 spiro atoms. The minimum Gasteiger partial charge on any atom is -0.497 e. The Kier molecular flexibility index (Phi) is 5.69. The van der Waals surface area contributed by atoms with E-state index in [1.165, 1.54) is 5.56 Å². The lowest BCUT2D eigenvalue weighted by atomic mass is 10.0.